The molecule has 0 spiro atoms. The van der Waals surface area contributed by atoms with Crippen molar-refractivity contribution in [2.75, 3.05) is 7.11 Å². The number of fused-ring (bicyclic) bond motifs is 1. The number of esters is 1. The Morgan fingerprint density at radius 3 is 2.44 bits per heavy atom. The molecule has 0 aliphatic heterocycles. The number of benzene rings is 3. The molecule has 0 radical (unpaired) electrons. The Labute approximate surface area is 147 Å². The van der Waals surface area contributed by atoms with Gasteiger partial charge in [-0.1, -0.05) is 54.6 Å². The molecule has 0 fully saturated rings. The second-order valence-corrected chi connectivity index (χ2v) is 6.09. The van der Waals surface area contributed by atoms with Crippen molar-refractivity contribution in [3.8, 4) is 0 Å². The maximum atomic E-state index is 12.3. The topological polar surface area (TPSA) is 43.4 Å². The monoisotopic (exact) mass is 332 g/mol. The second-order valence-electron chi connectivity index (χ2n) is 6.09. The lowest BCUT2D eigenvalue weighted by Crippen LogP contribution is -2.05. The Morgan fingerprint density at radius 1 is 0.840 bits per heavy atom. The first kappa shape index (κ1) is 16.9. The highest BCUT2D eigenvalue weighted by Crippen LogP contribution is 2.17. The number of Topliss-reactive ketones (excluding diaryl/α,β-unsaturated/α-hetero) is 1. The van der Waals surface area contributed by atoms with Crippen molar-refractivity contribution < 1.29 is 14.3 Å². The number of carbonyl (C=O) groups is 2. The largest absolute Gasteiger partial charge is 0.465 e. The summed E-state index contributed by atoms with van der Waals surface area (Å²) in [4.78, 5) is 23.9. The van der Waals surface area contributed by atoms with Gasteiger partial charge in [-0.15, -0.1) is 0 Å². The standard InChI is InChI=1S/C22H20O3/c1-25-22(24)20-8-4-5-16(13-20)10-12-21(23)15-17-9-11-18-6-2-3-7-19(18)14-17/h2-9,11,13-14H,10,12,15H2,1H3. The van der Waals surface area contributed by atoms with Crippen molar-refractivity contribution in [1.82, 2.24) is 0 Å². The van der Waals surface area contributed by atoms with E-state index in [2.05, 4.69) is 24.3 Å². The summed E-state index contributed by atoms with van der Waals surface area (Å²) < 4.78 is 4.73. The molecule has 3 rings (SSSR count). The number of carbonyl (C=O) groups excluding carboxylic acids is 2. The van der Waals surface area contributed by atoms with E-state index in [0.717, 1.165) is 16.5 Å². The molecule has 25 heavy (non-hydrogen) atoms. The maximum absolute atomic E-state index is 12.3. The Hall–Kier alpha value is -2.94. The fourth-order valence-electron chi connectivity index (χ4n) is 2.92. The highest BCUT2D eigenvalue weighted by Gasteiger charge is 2.08. The van der Waals surface area contributed by atoms with Gasteiger partial charge in [0.1, 0.15) is 5.78 Å². The summed E-state index contributed by atoms with van der Waals surface area (Å²) >= 11 is 0. The van der Waals surface area contributed by atoms with Crippen LogP contribution in [0.1, 0.15) is 27.9 Å². The molecule has 0 unspecified atom stereocenters. The quantitative estimate of drug-likeness (QED) is 0.630. The van der Waals surface area contributed by atoms with E-state index in [1.165, 1.54) is 12.5 Å². The summed E-state index contributed by atoms with van der Waals surface area (Å²) in [6.07, 6.45) is 1.51. The molecule has 3 heteroatoms. The van der Waals surface area contributed by atoms with E-state index in [4.69, 9.17) is 4.74 Å². The Morgan fingerprint density at radius 2 is 1.64 bits per heavy atom. The molecule has 0 saturated carbocycles. The van der Waals surface area contributed by atoms with Gasteiger partial charge in [-0.2, -0.15) is 0 Å². The minimum atomic E-state index is -0.357. The van der Waals surface area contributed by atoms with Gasteiger partial charge in [-0.3, -0.25) is 4.79 Å². The van der Waals surface area contributed by atoms with Gasteiger partial charge in [0.05, 0.1) is 12.7 Å². The number of ketones is 1. The van der Waals surface area contributed by atoms with Crippen molar-refractivity contribution in [2.45, 2.75) is 19.3 Å². The lowest BCUT2D eigenvalue weighted by Gasteiger charge is -2.05. The van der Waals surface area contributed by atoms with Gasteiger partial charge < -0.3 is 4.74 Å². The van der Waals surface area contributed by atoms with Crippen LogP contribution in [0.15, 0.2) is 66.7 Å². The zero-order chi connectivity index (χ0) is 17.6. The lowest BCUT2D eigenvalue weighted by atomic mass is 9.99. The molecular weight excluding hydrogens is 312 g/mol. The molecule has 126 valence electrons. The summed E-state index contributed by atoms with van der Waals surface area (Å²) in [6.45, 7) is 0. The highest BCUT2D eigenvalue weighted by atomic mass is 16.5. The molecule has 0 aliphatic carbocycles. The minimum Gasteiger partial charge on any atom is -0.465 e. The van der Waals surface area contributed by atoms with E-state index >= 15 is 0 Å². The van der Waals surface area contributed by atoms with E-state index in [-0.39, 0.29) is 11.8 Å². The maximum Gasteiger partial charge on any atom is 0.337 e. The van der Waals surface area contributed by atoms with E-state index in [0.29, 0.717) is 24.8 Å². The fraction of sp³-hybridized carbons (Fsp3) is 0.182. The van der Waals surface area contributed by atoms with Crippen LogP contribution in [0.4, 0.5) is 0 Å². The van der Waals surface area contributed by atoms with Crippen molar-refractivity contribution >= 4 is 22.5 Å². The average Bonchev–Trinajstić information content (AvgIpc) is 2.66. The third kappa shape index (κ3) is 4.32. The third-order valence-corrected chi connectivity index (χ3v) is 4.26. The summed E-state index contributed by atoms with van der Waals surface area (Å²) in [7, 11) is 1.36. The second kappa shape index (κ2) is 7.75. The average molecular weight is 332 g/mol. The normalized spacial score (nSPS) is 10.6. The Balaban J connectivity index is 1.61. The van der Waals surface area contributed by atoms with Crippen molar-refractivity contribution in [3.05, 3.63) is 83.4 Å². The van der Waals surface area contributed by atoms with Gasteiger partial charge in [0.2, 0.25) is 0 Å². The van der Waals surface area contributed by atoms with Gasteiger partial charge in [-0.25, -0.2) is 4.79 Å². The van der Waals surface area contributed by atoms with Crippen LogP contribution in [0, 0.1) is 0 Å². The molecule has 0 amide bonds. The number of ether oxygens (including phenoxy) is 1. The van der Waals surface area contributed by atoms with Crippen molar-refractivity contribution in [3.63, 3.8) is 0 Å². The van der Waals surface area contributed by atoms with Crippen LogP contribution >= 0.6 is 0 Å². The van der Waals surface area contributed by atoms with Crippen LogP contribution in [-0.2, 0) is 22.4 Å². The number of methoxy groups -OCH3 is 1. The van der Waals surface area contributed by atoms with Crippen LogP contribution in [0.5, 0.6) is 0 Å². The number of hydrogen-bond acceptors (Lipinski definition) is 3. The predicted octanol–water partition coefficient (Wildman–Crippen LogP) is 4.37. The first-order chi connectivity index (χ1) is 12.2. The van der Waals surface area contributed by atoms with Gasteiger partial charge in [0.15, 0.2) is 0 Å². The van der Waals surface area contributed by atoms with E-state index < -0.39 is 0 Å². The van der Waals surface area contributed by atoms with Crippen molar-refractivity contribution in [2.24, 2.45) is 0 Å². The first-order valence-corrected chi connectivity index (χ1v) is 8.32. The number of hydrogen-bond donors (Lipinski definition) is 0. The van der Waals surface area contributed by atoms with Gasteiger partial charge in [0.25, 0.3) is 0 Å². The predicted molar refractivity (Wildman–Crippen MR) is 98.8 cm³/mol. The van der Waals surface area contributed by atoms with E-state index in [9.17, 15) is 9.59 Å². The highest BCUT2D eigenvalue weighted by molar-refractivity contribution is 5.89. The number of rotatable bonds is 6. The smallest absolute Gasteiger partial charge is 0.337 e. The SMILES string of the molecule is COC(=O)c1cccc(CCC(=O)Cc2ccc3ccccc3c2)c1. The zero-order valence-electron chi connectivity index (χ0n) is 14.2. The van der Waals surface area contributed by atoms with Crippen molar-refractivity contribution in [1.29, 1.82) is 0 Å². The summed E-state index contributed by atoms with van der Waals surface area (Å²) in [5.41, 5.74) is 2.52. The molecule has 0 aromatic heterocycles. The molecule has 3 aromatic carbocycles. The van der Waals surface area contributed by atoms with Gasteiger partial charge in [-0.05, 0) is 40.5 Å². The first-order valence-electron chi connectivity index (χ1n) is 8.32. The lowest BCUT2D eigenvalue weighted by molar-refractivity contribution is -0.118. The summed E-state index contributed by atoms with van der Waals surface area (Å²) in [6, 6.07) is 21.5. The van der Waals surface area contributed by atoms with E-state index in [1.54, 1.807) is 12.1 Å². The van der Waals surface area contributed by atoms with Crippen LogP contribution in [0.2, 0.25) is 0 Å². The molecule has 0 saturated heterocycles. The van der Waals surface area contributed by atoms with Crippen LogP contribution in [0.25, 0.3) is 10.8 Å². The molecule has 3 nitrogen and oxygen atoms in total. The molecule has 0 N–H and O–H groups in total. The Bertz CT molecular complexity index is 912. The summed E-state index contributed by atoms with van der Waals surface area (Å²) in [5, 5.41) is 2.33. The van der Waals surface area contributed by atoms with Gasteiger partial charge in [0, 0.05) is 12.8 Å². The third-order valence-electron chi connectivity index (χ3n) is 4.26. The van der Waals surface area contributed by atoms with Crippen LogP contribution in [-0.4, -0.2) is 18.9 Å². The molecule has 0 atom stereocenters. The molecule has 3 aromatic rings. The summed E-state index contributed by atoms with van der Waals surface area (Å²) in [5.74, 6) is -0.164. The van der Waals surface area contributed by atoms with Crippen LogP contribution in [0.3, 0.4) is 0 Å². The van der Waals surface area contributed by atoms with Crippen LogP contribution < -0.4 is 0 Å². The molecular formula is C22H20O3. The number of aryl methyl sites for hydroxylation is 1. The molecule has 0 aliphatic rings. The minimum absolute atomic E-state index is 0.193. The fourth-order valence-corrected chi connectivity index (χ4v) is 2.92. The zero-order valence-corrected chi connectivity index (χ0v) is 14.2. The van der Waals surface area contributed by atoms with Gasteiger partial charge >= 0.3 is 5.97 Å². The Kier molecular flexibility index (Phi) is 5.24. The molecule has 0 heterocycles. The van der Waals surface area contributed by atoms with E-state index in [1.807, 2.05) is 30.3 Å². The molecule has 0 bridgehead atoms.